The predicted molar refractivity (Wildman–Crippen MR) is 91.6 cm³/mol. The highest BCUT2D eigenvalue weighted by Crippen LogP contribution is 2.14. The fourth-order valence-corrected chi connectivity index (χ4v) is 2.17. The number of anilines is 1. The molecule has 3 N–H and O–H groups in total. The van der Waals surface area contributed by atoms with E-state index in [9.17, 15) is 9.59 Å². The summed E-state index contributed by atoms with van der Waals surface area (Å²) in [7, 11) is 1.58. The molecular formula is C17H18ClN3O2. The van der Waals surface area contributed by atoms with Crippen LogP contribution in [0.5, 0.6) is 0 Å². The Morgan fingerprint density at radius 2 is 1.74 bits per heavy atom. The first-order chi connectivity index (χ1) is 11.1. The molecule has 2 amide bonds. The van der Waals surface area contributed by atoms with Crippen LogP contribution in [0.25, 0.3) is 0 Å². The summed E-state index contributed by atoms with van der Waals surface area (Å²) in [6, 6.07) is 14.3. The van der Waals surface area contributed by atoms with Gasteiger partial charge >= 0.3 is 0 Å². The number of nitrogens with one attached hydrogen (secondary N) is 3. The Bertz CT molecular complexity index is 686. The van der Waals surface area contributed by atoms with Crippen molar-refractivity contribution in [2.24, 2.45) is 0 Å². The molecule has 0 aliphatic rings. The van der Waals surface area contributed by atoms with Crippen LogP contribution in [0, 0.1) is 0 Å². The van der Waals surface area contributed by atoms with Gasteiger partial charge in [0.25, 0.3) is 5.91 Å². The Morgan fingerprint density at radius 1 is 1.04 bits per heavy atom. The number of amides is 2. The van der Waals surface area contributed by atoms with Crippen molar-refractivity contribution in [3.63, 3.8) is 0 Å². The smallest absolute Gasteiger partial charge is 0.251 e. The van der Waals surface area contributed by atoms with E-state index in [0.29, 0.717) is 17.1 Å². The SMILES string of the molecule is CNC(=O)c1ccc(NCC(=O)NCc2ccccc2Cl)cc1. The Balaban J connectivity index is 1.80. The maximum absolute atomic E-state index is 11.8. The first-order valence-corrected chi connectivity index (χ1v) is 7.54. The molecule has 0 saturated heterocycles. The molecule has 2 aromatic rings. The highest BCUT2D eigenvalue weighted by atomic mass is 35.5. The summed E-state index contributed by atoms with van der Waals surface area (Å²) < 4.78 is 0. The monoisotopic (exact) mass is 331 g/mol. The molecule has 120 valence electrons. The van der Waals surface area contributed by atoms with Crippen molar-refractivity contribution in [2.45, 2.75) is 6.54 Å². The molecule has 0 aromatic heterocycles. The molecule has 0 unspecified atom stereocenters. The maximum atomic E-state index is 11.8. The largest absolute Gasteiger partial charge is 0.376 e. The third-order valence-electron chi connectivity index (χ3n) is 3.26. The van der Waals surface area contributed by atoms with Gasteiger partial charge in [-0.1, -0.05) is 29.8 Å². The number of benzene rings is 2. The second kappa shape index (κ2) is 8.19. The lowest BCUT2D eigenvalue weighted by atomic mass is 10.2. The molecule has 0 aliphatic heterocycles. The Morgan fingerprint density at radius 3 is 2.39 bits per heavy atom. The van der Waals surface area contributed by atoms with Gasteiger partial charge in [0.1, 0.15) is 0 Å². The fraction of sp³-hybridized carbons (Fsp3) is 0.176. The van der Waals surface area contributed by atoms with Gasteiger partial charge in [0.15, 0.2) is 0 Å². The van der Waals surface area contributed by atoms with E-state index >= 15 is 0 Å². The highest BCUT2D eigenvalue weighted by Gasteiger charge is 2.05. The molecule has 0 fully saturated rings. The first kappa shape index (κ1) is 16.8. The van der Waals surface area contributed by atoms with E-state index in [2.05, 4.69) is 16.0 Å². The van der Waals surface area contributed by atoms with Crippen LogP contribution in [0.15, 0.2) is 48.5 Å². The molecule has 2 rings (SSSR count). The summed E-state index contributed by atoms with van der Waals surface area (Å²) in [4.78, 5) is 23.3. The zero-order chi connectivity index (χ0) is 16.7. The van der Waals surface area contributed by atoms with Gasteiger partial charge in [-0.15, -0.1) is 0 Å². The van der Waals surface area contributed by atoms with Gasteiger partial charge in [0.05, 0.1) is 6.54 Å². The van der Waals surface area contributed by atoms with Gasteiger partial charge in [-0.2, -0.15) is 0 Å². The molecular weight excluding hydrogens is 314 g/mol. The number of carbonyl (C=O) groups is 2. The number of hydrogen-bond acceptors (Lipinski definition) is 3. The lowest BCUT2D eigenvalue weighted by Crippen LogP contribution is -2.29. The third-order valence-corrected chi connectivity index (χ3v) is 3.63. The Kier molecular flexibility index (Phi) is 6.00. The Labute approximate surface area is 140 Å². The van der Waals surface area contributed by atoms with Crippen LogP contribution in [0.2, 0.25) is 5.02 Å². The van der Waals surface area contributed by atoms with Gasteiger partial charge in [-0.3, -0.25) is 9.59 Å². The van der Waals surface area contributed by atoms with Crippen molar-refractivity contribution < 1.29 is 9.59 Å². The van der Waals surface area contributed by atoms with Gasteiger partial charge in [0.2, 0.25) is 5.91 Å². The van der Waals surface area contributed by atoms with Crippen molar-refractivity contribution in [3.05, 3.63) is 64.7 Å². The molecule has 6 heteroatoms. The second-order valence-corrected chi connectivity index (χ2v) is 5.29. The summed E-state index contributed by atoms with van der Waals surface area (Å²) in [6.07, 6.45) is 0. The maximum Gasteiger partial charge on any atom is 0.251 e. The third kappa shape index (κ3) is 5.00. The molecule has 23 heavy (non-hydrogen) atoms. The average molecular weight is 332 g/mol. The standard InChI is InChI=1S/C17H18ClN3O2/c1-19-17(23)12-6-8-14(9-7-12)20-11-16(22)21-10-13-4-2-3-5-15(13)18/h2-9,20H,10-11H2,1H3,(H,19,23)(H,21,22). The molecule has 5 nitrogen and oxygen atoms in total. The Hall–Kier alpha value is -2.53. The highest BCUT2D eigenvalue weighted by molar-refractivity contribution is 6.31. The van der Waals surface area contributed by atoms with Crippen molar-refractivity contribution >= 4 is 29.1 Å². The quantitative estimate of drug-likeness (QED) is 0.761. The number of rotatable bonds is 6. The first-order valence-electron chi connectivity index (χ1n) is 7.16. The van der Waals surface area contributed by atoms with Crippen molar-refractivity contribution in [1.82, 2.24) is 10.6 Å². The zero-order valence-electron chi connectivity index (χ0n) is 12.7. The summed E-state index contributed by atoms with van der Waals surface area (Å²) in [5, 5.41) is 8.99. The molecule has 2 aromatic carbocycles. The van der Waals surface area contributed by atoms with Gasteiger partial charge in [-0.25, -0.2) is 0 Å². The normalized spacial score (nSPS) is 10.0. The summed E-state index contributed by atoms with van der Waals surface area (Å²) in [5.74, 6) is -0.283. The molecule has 0 radical (unpaired) electrons. The topological polar surface area (TPSA) is 70.2 Å². The molecule has 0 spiro atoms. The minimum atomic E-state index is -0.144. The van der Waals surface area contributed by atoms with Crippen LogP contribution in [0.3, 0.4) is 0 Å². The molecule has 0 heterocycles. The summed E-state index contributed by atoms with van der Waals surface area (Å²) in [6.45, 7) is 0.527. The van der Waals surface area contributed by atoms with Crippen LogP contribution < -0.4 is 16.0 Å². The van der Waals surface area contributed by atoms with Crippen LogP contribution in [0.4, 0.5) is 5.69 Å². The van der Waals surface area contributed by atoms with E-state index in [1.165, 1.54) is 0 Å². The number of halogens is 1. The minimum Gasteiger partial charge on any atom is -0.376 e. The van der Waals surface area contributed by atoms with E-state index < -0.39 is 0 Å². The average Bonchev–Trinajstić information content (AvgIpc) is 2.59. The van der Waals surface area contributed by atoms with E-state index in [4.69, 9.17) is 11.6 Å². The molecule has 0 saturated carbocycles. The van der Waals surface area contributed by atoms with E-state index in [0.717, 1.165) is 11.3 Å². The van der Waals surface area contributed by atoms with Crippen LogP contribution in [-0.4, -0.2) is 25.4 Å². The van der Waals surface area contributed by atoms with Crippen molar-refractivity contribution in [3.8, 4) is 0 Å². The van der Waals surface area contributed by atoms with Gasteiger partial charge < -0.3 is 16.0 Å². The molecule has 0 aliphatic carbocycles. The zero-order valence-corrected chi connectivity index (χ0v) is 13.5. The molecule has 0 bridgehead atoms. The second-order valence-electron chi connectivity index (χ2n) is 4.88. The van der Waals surface area contributed by atoms with Crippen molar-refractivity contribution in [1.29, 1.82) is 0 Å². The lowest BCUT2D eigenvalue weighted by Gasteiger charge is -2.09. The van der Waals surface area contributed by atoms with Gasteiger partial charge in [-0.05, 0) is 35.9 Å². The van der Waals surface area contributed by atoms with E-state index in [1.807, 2.05) is 18.2 Å². The summed E-state index contributed by atoms with van der Waals surface area (Å²) >= 11 is 6.03. The van der Waals surface area contributed by atoms with Crippen LogP contribution >= 0.6 is 11.6 Å². The lowest BCUT2D eigenvalue weighted by molar-refractivity contribution is -0.119. The van der Waals surface area contributed by atoms with Crippen LogP contribution in [-0.2, 0) is 11.3 Å². The van der Waals surface area contributed by atoms with Crippen molar-refractivity contribution in [2.75, 3.05) is 18.9 Å². The minimum absolute atomic E-state index is 0.139. The van der Waals surface area contributed by atoms with Gasteiger partial charge in [0, 0.05) is 29.9 Å². The van der Waals surface area contributed by atoms with E-state index in [-0.39, 0.29) is 18.4 Å². The number of hydrogen-bond donors (Lipinski definition) is 3. The van der Waals surface area contributed by atoms with E-state index in [1.54, 1.807) is 37.4 Å². The number of carbonyl (C=O) groups excluding carboxylic acids is 2. The molecule has 0 atom stereocenters. The fourth-order valence-electron chi connectivity index (χ4n) is 1.96. The van der Waals surface area contributed by atoms with Crippen LogP contribution in [0.1, 0.15) is 15.9 Å². The predicted octanol–water partition coefficient (Wildman–Crippen LogP) is 2.43. The summed E-state index contributed by atoms with van der Waals surface area (Å²) in [5.41, 5.74) is 2.21.